The minimum absolute atomic E-state index is 0.135. The normalized spacial score (nSPS) is 12.9. The second-order valence-electron chi connectivity index (χ2n) is 12.3. The fourth-order valence-corrected chi connectivity index (χ4v) is 5.89. The monoisotopic (exact) mass is 699 g/mol. The predicted molar refractivity (Wildman–Crippen MR) is 192 cm³/mol. The van der Waals surface area contributed by atoms with Crippen LogP contribution in [0.5, 0.6) is 5.75 Å². The number of unbranched alkanes of at least 4 members (excludes halogenated alkanes) is 3. The number of benzene rings is 2. The van der Waals surface area contributed by atoms with Gasteiger partial charge in [-0.25, -0.2) is 0 Å². The van der Waals surface area contributed by atoms with Gasteiger partial charge in [0.1, 0.15) is 11.8 Å². The van der Waals surface area contributed by atoms with Crippen molar-refractivity contribution in [1.82, 2.24) is 20.9 Å². The molecule has 0 aromatic heterocycles. The van der Waals surface area contributed by atoms with Gasteiger partial charge in [0.15, 0.2) is 0 Å². The number of thioether (sulfide) groups is 1. The average molecular weight is 700 g/mol. The molecule has 3 atom stereocenters. The van der Waals surface area contributed by atoms with E-state index in [4.69, 9.17) is 10.5 Å². The number of nitrogens with one attached hydrogen (secondary N) is 3. The van der Waals surface area contributed by atoms with Crippen molar-refractivity contribution in [3.8, 4) is 5.75 Å². The molecule has 49 heavy (non-hydrogen) atoms. The first kappa shape index (κ1) is 41.2. The first-order valence-electron chi connectivity index (χ1n) is 16.6. The summed E-state index contributed by atoms with van der Waals surface area (Å²) in [5.41, 5.74) is 9.63. The van der Waals surface area contributed by atoms with Crippen LogP contribution in [0.1, 0.15) is 61.3 Å². The number of rotatable bonds is 21. The molecule has 0 fully saturated rings. The third-order valence-electron chi connectivity index (χ3n) is 8.19. The number of nitrogens with two attached hydrogens (primary N) is 1. The number of esters is 1. The number of phenolic OH excluding ortho intramolecular Hbond substituents is 1. The van der Waals surface area contributed by atoms with E-state index in [9.17, 15) is 29.1 Å². The highest BCUT2D eigenvalue weighted by atomic mass is 32.2. The Morgan fingerprint density at radius 3 is 2.22 bits per heavy atom. The van der Waals surface area contributed by atoms with Gasteiger partial charge in [0.05, 0.1) is 25.2 Å². The number of carbonyl (C=O) groups excluding carboxylic acids is 5. The van der Waals surface area contributed by atoms with Crippen molar-refractivity contribution < 1.29 is 33.8 Å². The molecule has 270 valence electrons. The summed E-state index contributed by atoms with van der Waals surface area (Å²) in [6, 6.07) is 10.2. The van der Waals surface area contributed by atoms with Crippen molar-refractivity contribution in [3.63, 3.8) is 0 Å². The Morgan fingerprint density at radius 2 is 1.59 bits per heavy atom. The SMILES string of the molecule is CSCC[C@@H](NC(=O)[C@@H](N)Cc1c(C)cc(O)cc1C)C(=O)NCC(=O)NC(=O)[C@H](Cc1ccccc1)N(C)CCCCCCOC(C)=O. The average Bonchev–Trinajstić information content (AvgIpc) is 3.05. The van der Waals surface area contributed by atoms with Gasteiger partial charge in [0.2, 0.25) is 23.6 Å². The Kier molecular flexibility index (Phi) is 18.4. The van der Waals surface area contributed by atoms with E-state index in [0.717, 1.165) is 47.9 Å². The van der Waals surface area contributed by atoms with Crippen molar-refractivity contribution in [2.24, 2.45) is 5.73 Å². The molecule has 0 saturated heterocycles. The maximum absolute atomic E-state index is 13.4. The molecule has 2 aromatic rings. The van der Waals surface area contributed by atoms with E-state index in [1.54, 1.807) is 12.1 Å². The summed E-state index contributed by atoms with van der Waals surface area (Å²) in [6.07, 6.45) is 6.18. The van der Waals surface area contributed by atoms with Gasteiger partial charge in [-0.15, -0.1) is 0 Å². The number of hydrogen-bond acceptors (Lipinski definition) is 10. The van der Waals surface area contributed by atoms with Crippen molar-refractivity contribution in [2.45, 2.75) is 83.8 Å². The summed E-state index contributed by atoms with van der Waals surface area (Å²) in [6.45, 7) is 5.61. The smallest absolute Gasteiger partial charge is 0.302 e. The Hall–Kier alpha value is -3.94. The Balaban J connectivity index is 1.96. The first-order valence-corrected chi connectivity index (χ1v) is 18.0. The summed E-state index contributed by atoms with van der Waals surface area (Å²) in [7, 11) is 1.84. The van der Waals surface area contributed by atoms with Gasteiger partial charge in [0, 0.05) is 6.92 Å². The third kappa shape index (κ3) is 15.4. The van der Waals surface area contributed by atoms with Crippen LogP contribution >= 0.6 is 11.8 Å². The Labute approximate surface area is 294 Å². The first-order chi connectivity index (χ1) is 23.3. The van der Waals surface area contributed by atoms with Crippen LogP contribution in [-0.2, 0) is 41.6 Å². The number of ether oxygens (including phenoxy) is 1. The van der Waals surface area contributed by atoms with Gasteiger partial charge >= 0.3 is 5.97 Å². The topological polar surface area (TPSA) is 180 Å². The molecular formula is C36H53N5O7S. The molecule has 12 nitrogen and oxygen atoms in total. The molecule has 0 saturated carbocycles. The van der Waals surface area contributed by atoms with Gasteiger partial charge in [0.25, 0.3) is 0 Å². The fraction of sp³-hybridized carbons (Fsp3) is 0.528. The summed E-state index contributed by atoms with van der Waals surface area (Å²) in [5.74, 6) is -1.79. The molecule has 0 bridgehead atoms. The number of imide groups is 1. The van der Waals surface area contributed by atoms with Crippen LogP contribution in [0.4, 0.5) is 0 Å². The summed E-state index contributed by atoms with van der Waals surface area (Å²) in [5, 5.41) is 17.5. The van der Waals surface area contributed by atoms with Gasteiger partial charge in [-0.05, 0) is 106 Å². The lowest BCUT2D eigenvalue weighted by atomic mass is 9.96. The second kappa shape index (κ2) is 21.9. The molecule has 0 radical (unpaired) electrons. The van der Waals surface area contributed by atoms with Crippen LogP contribution in [0, 0.1) is 13.8 Å². The van der Waals surface area contributed by atoms with Crippen LogP contribution in [0.25, 0.3) is 0 Å². The van der Waals surface area contributed by atoms with Crippen LogP contribution in [0.3, 0.4) is 0 Å². The lowest BCUT2D eigenvalue weighted by Crippen LogP contribution is -2.54. The molecule has 2 aromatic carbocycles. The minimum Gasteiger partial charge on any atom is -0.508 e. The molecule has 0 aliphatic heterocycles. The fourth-order valence-electron chi connectivity index (χ4n) is 5.42. The van der Waals surface area contributed by atoms with E-state index in [0.29, 0.717) is 31.7 Å². The third-order valence-corrected chi connectivity index (χ3v) is 8.83. The quantitative estimate of drug-likeness (QED) is 0.0960. The van der Waals surface area contributed by atoms with Crippen LogP contribution < -0.4 is 21.7 Å². The van der Waals surface area contributed by atoms with E-state index >= 15 is 0 Å². The van der Waals surface area contributed by atoms with E-state index < -0.39 is 48.3 Å². The zero-order valence-electron chi connectivity index (χ0n) is 29.4. The number of amides is 4. The van der Waals surface area contributed by atoms with Gasteiger partial charge in [-0.3, -0.25) is 34.2 Å². The highest BCUT2D eigenvalue weighted by Gasteiger charge is 2.27. The number of likely N-dealkylation sites (N-methyl/N-ethyl adjacent to an activating group) is 1. The highest BCUT2D eigenvalue weighted by Crippen LogP contribution is 2.22. The van der Waals surface area contributed by atoms with Gasteiger partial charge in [-0.1, -0.05) is 43.2 Å². The Bertz CT molecular complexity index is 1370. The van der Waals surface area contributed by atoms with Crippen LogP contribution in [0.2, 0.25) is 0 Å². The van der Waals surface area contributed by atoms with Crippen LogP contribution in [0.15, 0.2) is 42.5 Å². The zero-order chi connectivity index (χ0) is 36.3. The zero-order valence-corrected chi connectivity index (χ0v) is 30.2. The molecule has 0 spiro atoms. The minimum atomic E-state index is -0.938. The number of phenols is 1. The molecule has 0 unspecified atom stereocenters. The van der Waals surface area contributed by atoms with Gasteiger partial charge < -0.3 is 26.2 Å². The summed E-state index contributed by atoms with van der Waals surface area (Å²) < 4.78 is 4.97. The molecule has 0 heterocycles. The predicted octanol–water partition coefficient (Wildman–Crippen LogP) is 2.54. The summed E-state index contributed by atoms with van der Waals surface area (Å²) in [4.78, 5) is 65.3. The standard InChI is InChI=1S/C36H53N5O7S/c1-24-19-28(43)20-25(2)29(24)22-30(37)34(45)39-31(15-18-49-5)35(46)38-23-33(44)40-36(47)32(21-27-13-9-8-10-14-27)41(4)16-11-6-7-12-17-48-26(3)42/h8-10,13-14,19-20,30-32,43H,6-7,11-12,15-18,21-23,37H2,1-5H3,(H,38,46)(H,39,45)(H,40,44,47)/t30-,31+,32-/m0/s1. The number of carbonyl (C=O) groups is 5. The highest BCUT2D eigenvalue weighted by molar-refractivity contribution is 7.98. The van der Waals surface area contributed by atoms with E-state index in [1.165, 1.54) is 18.7 Å². The van der Waals surface area contributed by atoms with Crippen molar-refractivity contribution in [1.29, 1.82) is 0 Å². The molecule has 13 heteroatoms. The van der Waals surface area contributed by atoms with E-state index in [1.807, 2.05) is 62.4 Å². The van der Waals surface area contributed by atoms with E-state index in [-0.39, 0.29) is 18.1 Å². The number of nitrogens with zero attached hydrogens (tertiary/aromatic N) is 1. The number of aryl methyl sites for hydroxylation is 2. The van der Waals surface area contributed by atoms with Crippen molar-refractivity contribution >= 4 is 41.4 Å². The molecule has 6 N–H and O–H groups in total. The second-order valence-corrected chi connectivity index (χ2v) is 13.3. The molecule has 2 rings (SSSR count). The van der Waals surface area contributed by atoms with Crippen molar-refractivity contribution in [2.75, 3.05) is 38.8 Å². The van der Waals surface area contributed by atoms with Crippen molar-refractivity contribution in [3.05, 3.63) is 64.7 Å². The maximum Gasteiger partial charge on any atom is 0.302 e. The maximum atomic E-state index is 13.4. The number of aromatic hydroxyl groups is 1. The molecular weight excluding hydrogens is 646 g/mol. The molecule has 0 aliphatic rings. The van der Waals surface area contributed by atoms with Gasteiger partial charge in [-0.2, -0.15) is 11.8 Å². The van der Waals surface area contributed by atoms with Crippen LogP contribution in [-0.4, -0.2) is 96.5 Å². The molecule has 4 amide bonds. The number of hydrogen-bond donors (Lipinski definition) is 5. The lowest BCUT2D eigenvalue weighted by molar-refractivity contribution is -0.141. The van der Waals surface area contributed by atoms with E-state index in [2.05, 4.69) is 16.0 Å². The lowest BCUT2D eigenvalue weighted by Gasteiger charge is -2.27. The molecule has 0 aliphatic carbocycles. The summed E-state index contributed by atoms with van der Waals surface area (Å²) >= 11 is 1.51. The largest absolute Gasteiger partial charge is 0.508 e. The Morgan fingerprint density at radius 1 is 0.939 bits per heavy atom.